The summed E-state index contributed by atoms with van der Waals surface area (Å²) < 4.78 is 4.80. The molecule has 0 saturated heterocycles. The third-order valence-electron chi connectivity index (χ3n) is 2.28. The zero-order valence-corrected chi connectivity index (χ0v) is 10.3. The molecule has 0 saturated carbocycles. The van der Waals surface area contributed by atoms with E-state index in [2.05, 4.69) is 17.4 Å². The Morgan fingerprint density at radius 2 is 2.12 bits per heavy atom. The number of hydrogen-bond donors (Lipinski definition) is 1. The van der Waals surface area contributed by atoms with Crippen LogP contribution in [0.4, 0.5) is 0 Å². The number of hydrogen-bond acceptors (Lipinski definition) is 3. The van der Waals surface area contributed by atoms with Crippen molar-refractivity contribution in [2.24, 2.45) is 0 Å². The monoisotopic (exact) mass is 233 g/mol. The van der Waals surface area contributed by atoms with Crippen LogP contribution in [0, 0.1) is 0 Å². The molecule has 0 aliphatic rings. The Bertz CT molecular complexity index is 360. The molecular formula is C14H19NO2. The maximum atomic E-state index is 11.1. The lowest BCUT2D eigenvalue weighted by molar-refractivity contribution is -0.137. The standard InChI is InChI=1S/C14H19NO2/c1-3-17-14(16)10-9-12(2)15-11-13-7-5-4-6-8-13/h4-10,12,15H,3,11H2,1-2H3/b10-9+. The van der Waals surface area contributed by atoms with Gasteiger partial charge in [0.2, 0.25) is 0 Å². The average Bonchev–Trinajstić information content (AvgIpc) is 2.35. The first-order chi connectivity index (χ1) is 8.22. The highest BCUT2D eigenvalue weighted by Gasteiger charge is 1.99. The van der Waals surface area contributed by atoms with E-state index in [0.717, 1.165) is 6.54 Å². The zero-order chi connectivity index (χ0) is 12.5. The molecule has 1 rings (SSSR count). The van der Waals surface area contributed by atoms with Crippen LogP contribution in [0.15, 0.2) is 42.5 Å². The van der Waals surface area contributed by atoms with Gasteiger partial charge >= 0.3 is 5.97 Å². The Morgan fingerprint density at radius 1 is 1.41 bits per heavy atom. The third-order valence-corrected chi connectivity index (χ3v) is 2.28. The van der Waals surface area contributed by atoms with Crippen molar-refractivity contribution < 1.29 is 9.53 Å². The minimum atomic E-state index is -0.291. The van der Waals surface area contributed by atoms with Gasteiger partial charge in [-0.1, -0.05) is 36.4 Å². The first kappa shape index (κ1) is 13.5. The SMILES string of the molecule is CCOC(=O)/C=C/C(C)NCc1ccccc1. The van der Waals surface area contributed by atoms with Gasteiger partial charge in [0.1, 0.15) is 0 Å². The molecule has 1 N–H and O–H groups in total. The zero-order valence-electron chi connectivity index (χ0n) is 10.3. The van der Waals surface area contributed by atoms with Crippen molar-refractivity contribution in [1.82, 2.24) is 5.32 Å². The molecule has 3 heteroatoms. The van der Waals surface area contributed by atoms with Crippen LogP contribution in [0.25, 0.3) is 0 Å². The van der Waals surface area contributed by atoms with Gasteiger partial charge in [-0.15, -0.1) is 0 Å². The minimum Gasteiger partial charge on any atom is -0.463 e. The molecule has 0 aliphatic heterocycles. The largest absolute Gasteiger partial charge is 0.463 e. The lowest BCUT2D eigenvalue weighted by Gasteiger charge is -2.09. The number of benzene rings is 1. The van der Waals surface area contributed by atoms with Crippen LogP contribution in [0.5, 0.6) is 0 Å². The summed E-state index contributed by atoms with van der Waals surface area (Å²) in [5.41, 5.74) is 1.23. The Morgan fingerprint density at radius 3 is 2.76 bits per heavy atom. The minimum absolute atomic E-state index is 0.139. The van der Waals surface area contributed by atoms with Gasteiger partial charge < -0.3 is 10.1 Å². The van der Waals surface area contributed by atoms with Crippen LogP contribution in [-0.4, -0.2) is 18.6 Å². The summed E-state index contributed by atoms with van der Waals surface area (Å²) in [7, 11) is 0. The van der Waals surface area contributed by atoms with Crippen LogP contribution >= 0.6 is 0 Å². The second kappa shape index (κ2) is 7.63. The van der Waals surface area contributed by atoms with Gasteiger partial charge in [-0.3, -0.25) is 0 Å². The summed E-state index contributed by atoms with van der Waals surface area (Å²) in [5.74, 6) is -0.291. The number of ether oxygens (including phenoxy) is 1. The highest BCUT2D eigenvalue weighted by Crippen LogP contribution is 1.98. The molecule has 0 aliphatic carbocycles. The smallest absolute Gasteiger partial charge is 0.330 e. The van der Waals surface area contributed by atoms with Gasteiger partial charge in [0, 0.05) is 18.7 Å². The lowest BCUT2D eigenvalue weighted by Crippen LogP contribution is -2.23. The van der Waals surface area contributed by atoms with Crippen LogP contribution in [0.2, 0.25) is 0 Å². The average molecular weight is 233 g/mol. The predicted octanol–water partition coefficient (Wildman–Crippen LogP) is 2.28. The molecule has 0 radical (unpaired) electrons. The van der Waals surface area contributed by atoms with E-state index >= 15 is 0 Å². The fourth-order valence-electron chi connectivity index (χ4n) is 1.36. The molecule has 1 unspecified atom stereocenters. The molecule has 0 aromatic heterocycles. The van der Waals surface area contributed by atoms with Gasteiger partial charge in [-0.05, 0) is 19.4 Å². The van der Waals surface area contributed by atoms with Crippen LogP contribution in [0.1, 0.15) is 19.4 Å². The maximum Gasteiger partial charge on any atom is 0.330 e. The van der Waals surface area contributed by atoms with Crippen LogP contribution in [-0.2, 0) is 16.1 Å². The number of carbonyl (C=O) groups is 1. The maximum absolute atomic E-state index is 11.1. The quantitative estimate of drug-likeness (QED) is 0.605. The van der Waals surface area contributed by atoms with Gasteiger partial charge in [0.05, 0.1) is 6.61 Å². The molecule has 0 heterocycles. The fourth-order valence-corrected chi connectivity index (χ4v) is 1.36. The Balaban J connectivity index is 2.30. The second-order valence-corrected chi connectivity index (χ2v) is 3.77. The Kier molecular flexibility index (Phi) is 6.04. The summed E-state index contributed by atoms with van der Waals surface area (Å²) in [6.45, 7) is 4.99. The topological polar surface area (TPSA) is 38.3 Å². The summed E-state index contributed by atoms with van der Waals surface area (Å²) in [6, 6.07) is 10.3. The molecule has 1 aromatic rings. The Labute approximate surface area is 102 Å². The van der Waals surface area contributed by atoms with Gasteiger partial charge in [-0.25, -0.2) is 4.79 Å². The molecule has 1 atom stereocenters. The highest BCUT2D eigenvalue weighted by atomic mass is 16.5. The molecule has 3 nitrogen and oxygen atoms in total. The number of rotatable bonds is 6. The fraction of sp³-hybridized carbons (Fsp3) is 0.357. The number of carbonyl (C=O) groups excluding carboxylic acids is 1. The van der Waals surface area contributed by atoms with Gasteiger partial charge in [0.15, 0.2) is 0 Å². The normalized spacial score (nSPS) is 12.6. The Hall–Kier alpha value is -1.61. The number of nitrogens with one attached hydrogen (secondary N) is 1. The van der Waals surface area contributed by atoms with E-state index in [9.17, 15) is 4.79 Å². The summed E-state index contributed by atoms with van der Waals surface area (Å²) in [5, 5.41) is 3.30. The van der Waals surface area contributed by atoms with E-state index in [1.807, 2.05) is 25.1 Å². The predicted molar refractivity (Wildman–Crippen MR) is 68.5 cm³/mol. The molecule has 0 fully saturated rings. The van der Waals surface area contributed by atoms with E-state index in [1.54, 1.807) is 13.0 Å². The molecule has 1 aromatic carbocycles. The molecule has 0 amide bonds. The van der Waals surface area contributed by atoms with E-state index in [1.165, 1.54) is 11.6 Å². The van der Waals surface area contributed by atoms with Gasteiger partial charge in [0.25, 0.3) is 0 Å². The molecule has 92 valence electrons. The van der Waals surface area contributed by atoms with Crippen molar-refractivity contribution in [1.29, 1.82) is 0 Å². The van der Waals surface area contributed by atoms with E-state index < -0.39 is 0 Å². The lowest BCUT2D eigenvalue weighted by atomic mass is 10.2. The van der Waals surface area contributed by atoms with Crippen molar-refractivity contribution in [2.75, 3.05) is 6.61 Å². The highest BCUT2D eigenvalue weighted by molar-refractivity contribution is 5.81. The molecule has 0 spiro atoms. The van der Waals surface area contributed by atoms with Crippen molar-refractivity contribution in [3.8, 4) is 0 Å². The van der Waals surface area contributed by atoms with Crippen LogP contribution in [0.3, 0.4) is 0 Å². The van der Waals surface area contributed by atoms with Gasteiger partial charge in [-0.2, -0.15) is 0 Å². The first-order valence-corrected chi connectivity index (χ1v) is 5.84. The summed E-state index contributed by atoms with van der Waals surface area (Å²) in [6.07, 6.45) is 3.27. The molecule has 17 heavy (non-hydrogen) atoms. The van der Waals surface area contributed by atoms with E-state index in [-0.39, 0.29) is 12.0 Å². The van der Waals surface area contributed by atoms with Crippen molar-refractivity contribution in [3.05, 3.63) is 48.0 Å². The van der Waals surface area contributed by atoms with Crippen LogP contribution < -0.4 is 5.32 Å². The van der Waals surface area contributed by atoms with E-state index in [0.29, 0.717) is 6.61 Å². The van der Waals surface area contributed by atoms with E-state index in [4.69, 9.17) is 4.74 Å². The number of esters is 1. The van der Waals surface area contributed by atoms with Crippen molar-refractivity contribution >= 4 is 5.97 Å². The second-order valence-electron chi connectivity index (χ2n) is 3.77. The summed E-state index contributed by atoms with van der Waals surface area (Å²) >= 11 is 0. The summed E-state index contributed by atoms with van der Waals surface area (Å²) in [4.78, 5) is 11.1. The first-order valence-electron chi connectivity index (χ1n) is 5.84. The third kappa shape index (κ3) is 5.88. The van der Waals surface area contributed by atoms with Crippen molar-refractivity contribution in [2.45, 2.75) is 26.4 Å². The molecule has 0 bridgehead atoms. The molecular weight excluding hydrogens is 214 g/mol. The van der Waals surface area contributed by atoms with Crippen molar-refractivity contribution in [3.63, 3.8) is 0 Å².